The molecule has 0 aliphatic heterocycles. The van der Waals surface area contributed by atoms with Crippen LogP contribution in [-0.2, 0) is 11.3 Å². The predicted molar refractivity (Wildman–Crippen MR) is 120 cm³/mol. The first-order valence-electron chi connectivity index (χ1n) is 9.92. The highest BCUT2D eigenvalue weighted by molar-refractivity contribution is 6.32. The topological polar surface area (TPSA) is 38.8 Å². The summed E-state index contributed by atoms with van der Waals surface area (Å²) in [6, 6.07) is 13.7. The summed E-state index contributed by atoms with van der Waals surface area (Å²) in [4.78, 5) is 14.8. The molecule has 0 aliphatic rings. The summed E-state index contributed by atoms with van der Waals surface area (Å²) < 4.78 is 11.2. The number of halogens is 1. The average molecular weight is 416 g/mol. The summed E-state index contributed by atoms with van der Waals surface area (Å²) in [5.41, 5.74) is 1.88. The molecule has 0 heterocycles. The van der Waals surface area contributed by atoms with Crippen LogP contribution >= 0.6 is 11.6 Å². The lowest BCUT2D eigenvalue weighted by Crippen LogP contribution is -2.36. The fourth-order valence-electron chi connectivity index (χ4n) is 2.90. The maximum atomic E-state index is 12.9. The Hall–Kier alpha value is -2.46. The van der Waals surface area contributed by atoms with Crippen molar-refractivity contribution in [3.05, 3.63) is 64.7 Å². The van der Waals surface area contributed by atoms with E-state index in [-0.39, 0.29) is 18.1 Å². The highest BCUT2D eigenvalue weighted by Gasteiger charge is 2.17. The van der Waals surface area contributed by atoms with Crippen LogP contribution in [0.25, 0.3) is 6.08 Å². The monoisotopic (exact) mass is 415 g/mol. The van der Waals surface area contributed by atoms with Gasteiger partial charge < -0.3 is 14.4 Å². The summed E-state index contributed by atoms with van der Waals surface area (Å²) in [7, 11) is 1.57. The summed E-state index contributed by atoms with van der Waals surface area (Å²) in [6.45, 7) is 8.57. The number of carbonyl (C=O) groups excluding carboxylic acids is 1. The van der Waals surface area contributed by atoms with E-state index in [1.807, 2.05) is 55.1 Å². The molecule has 5 heteroatoms. The van der Waals surface area contributed by atoms with E-state index in [1.54, 1.807) is 25.3 Å². The van der Waals surface area contributed by atoms with Crippen LogP contribution in [0, 0.1) is 0 Å². The fourth-order valence-corrected chi connectivity index (χ4v) is 3.16. The average Bonchev–Trinajstić information content (AvgIpc) is 2.71. The molecular weight excluding hydrogens is 386 g/mol. The summed E-state index contributed by atoms with van der Waals surface area (Å²) in [5, 5.41) is 0.452. The van der Waals surface area contributed by atoms with Crippen molar-refractivity contribution in [2.45, 2.75) is 52.8 Å². The Bertz CT molecular complexity index is 834. The third kappa shape index (κ3) is 6.53. The smallest absolute Gasteiger partial charge is 0.247 e. The van der Waals surface area contributed by atoms with Crippen molar-refractivity contribution in [1.82, 2.24) is 4.90 Å². The van der Waals surface area contributed by atoms with Crippen molar-refractivity contribution in [3.8, 4) is 11.5 Å². The summed E-state index contributed by atoms with van der Waals surface area (Å²) >= 11 is 6.38. The van der Waals surface area contributed by atoms with Gasteiger partial charge in [-0.25, -0.2) is 0 Å². The minimum atomic E-state index is -0.0409. The normalized spacial score (nSPS) is 12.2. The van der Waals surface area contributed by atoms with E-state index >= 15 is 0 Å². The van der Waals surface area contributed by atoms with Gasteiger partial charge in [0.05, 0.1) is 18.2 Å². The molecule has 0 saturated carbocycles. The number of rotatable bonds is 9. The molecule has 0 spiro atoms. The van der Waals surface area contributed by atoms with Crippen molar-refractivity contribution in [2.75, 3.05) is 7.11 Å². The molecule has 0 radical (unpaired) electrons. The molecular formula is C24H30ClNO3. The molecule has 2 aromatic rings. The standard InChI is InChI=1S/C24H30ClNO3/c1-6-18(4)26(16-19-10-8-7-9-11-19)23(27)13-12-20-14-21(25)24(29-17(2)3)22(15-20)28-5/h7-15,17-18H,6,16H2,1-5H3/b13-12+. The number of methoxy groups -OCH3 is 1. The second-order valence-electron chi connectivity index (χ2n) is 7.24. The Morgan fingerprint density at radius 1 is 1.17 bits per heavy atom. The van der Waals surface area contributed by atoms with E-state index in [4.69, 9.17) is 21.1 Å². The zero-order valence-corrected chi connectivity index (χ0v) is 18.6. The van der Waals surface area contributed by atoms with E-state index < -0.39 is 0 Å². The van der Waals surface area contributed by atoms with Gasteiger partial charge in [-0.15, -0.1) is 0 Å². The lowest BCUT2D eigenvalue weighted by Gasteiger charge is -2.27. The molecule has 29 heavy (non-hydrogen) atoms. The first kappa shape index (κ1) is 22.8. The van der Waals surface area contributed by atoms with Gasteiger partial charge >= 0.3 is 0 Å². The van der Waals surface area contributed by atoms with Gasteiger partial charge in [-0.1, -0.05) is 48.9 Å². The molecule has 1 amide bonds. The second-order valence-corrected chi connectivity index (χ2v) is 7.65. The van der Waals surface area contributed by atoms with Crippen LogP contribution in [-0.4, -0.2) is 30.1 Å². The van der Waals surface area contributed by atoms with Gasteiger partial charge in [0.2, 0.25) is 5.91 Å². The van der Waals surface area contributed by atoms with Gasteiger partial charge in [-0.2, -0.15) is 0 Å². The number of carbonyl (C=O) groups is 1. The molecule has 156 valence electrons. The van der Waals surface area contributed by atoms with Gasteiger partial charge in [0.1, 0.15) is 0 Å². The van der Waals surface area contributed by atoms with Crippen molar-refractivity contribution in [2.24, 2.45) is 0 Å². The Balaban J connectivity index is 2.23. The van der Waals surface area contributed by atoms with Crippen LogP contribution in [0.4, 0.5) is 0 Å². The first-order chi connectivity index (χ1) is 13.8. The third-order valence-corrected chi connectivity index (χ3v) is 4.91. The van der Waals surface area contributed by atoms with E-state index in [2.05, 4.69) is 13.8 Å². The van der Waals surface area contributed by atoms with Gasteiger partial charge in [0.15, 0.2) is 11.5 Å². The maximum absolute atomic E-state index is 12.9. The van der Waals surface area contributed by atoms with Crippen molar-refractivity contribution in [3.63, 3.8) is 0 Å². The summed E-state index contributed by atoms with van der Waals surface area (Å²) in [5.74, 6) is 1.01. The third-order valence-electron chi connectivity index (χ3n) is 4.63. The van der Waals surface area contributed by atoms with E-state index in [1.165, 1.54) is 0 Å². The molecule has 0 N–H and O–H groups in total. The lowest BCUT2D eigenvalue weighted by molar-refractivity contribution is -0.128. The number of hydrogen-bond donors (Lipinski definition) is 0. The highest BCUT2D eigenvalue weighted by Crippen LogP contribution is 2.37. The molecule has 1 unspecified atom stereocenters. The number of amides is 1. The largest absolute Gasteiger partial charge is 0.493 e. The molecule has 0 aromatic heterocycles. The van der Waals surface area contributed by atoms with Crippen molar-refractivity contribution in [1.29, 1.82) is 0 Å². The van der Waals surface area contributed by atoms with Crippen LogP contribution in [0.1, 0.15) is 45.2 Å². The zero-order chi connectivity index (χ0) is 21.4. The molecule has 2 rings (SSSR count). The number of hydrogen-bond acceptors (Lipinski definition) is 3. The Kier molecular flexibility index (Phi) is 8.59. The van der Waals surface area contributed by atoms with Crippen LogP contribution in [0.15, 0.2) is 48.5 Å². The van der Waals surface area contributed by atoms with Gasteiger partial charge in [-0.3, -0.25) is 4.79 Å². The predicted octanol–water partition coefficient (Wildman–Crippen LogP) is 5.98. The van der Waals surface area contributed by atoms with Gasteiger partial charge in [-0.05, 0) is 56.5 Å². The number of ether oxygens (including phenoxy) is 2. The lowest BCUT2D eigenvalue weighted by atomic mass is 10.1. The number of benzene rings is 2. The minimum absolute atomic E-state index is 0.0218. The Morgan fingerprint density at radius 3 is 2.45 bits per heavy atom. The van der Waals surface area contributed by atoms with Crippen LogP contribution < -0.4 is 9.47 Å². The Labute approximate surface area is 179 Å². The van der Waals surface area contributed by atoms with Crippen LogP contribution in [0.5, 0.6) is 11.5 Å². The molecule has 0 aliphatic carbocycles. The number of nitrogens with zero attached hydrogens (tertiary/aromatic N) is 1. The zero-order valence-electron chi connectivity index (χ0n) is 17.8. The van der Waals surface area contributed by atoms with Crippen LogP contribution in [0.2, 0.25) is 5.02 Å². The molecule has 0 saturated heterocycles. The maximum Gasteiger partial charge on any atom is 0.247 e. The second kappa shape index (κ2) is 10.9. The quantitative estimate of drug-likeness (QED) is 0.473. The van der Waals surface area contributed by atoms with Crippen LogP contribution in [0.3, 0.4) is 0 Å². The molecule has 2 aromatic carbocycles. The first-order valence-corrected chi connectivity index (χ1v) is 10.3. The minimum Gasteiger partial charge on any atom is -0.493 e. The van der Waals surface area contributed by atoms with Crippen molar-refractivity contribution >= 4 is 23.6 Å². The van der Waals surface area contributed by atoms with E-state index in [0.29, 0.717) is 23.1 Å². The fraction of sp³-hybridized carbons (Fsp3) is 0.375. The van der Waals surface area contributed by atoms with E-state index in [9.17, 15) is 4.79 Å². The molecule has 0 fully saturated rings. The molecule has 1 atom stereocenters. The van der Waals surface area contributed by atoms with E-state index in [0.717, 1.165) is 17.5 Å². The molecule has 0 bridgehead atoms. The Morgan fingerprint density at radius 2 is 1.86 bits per heavy atom. The van der Waals surface area contributed by atoms with Gasteiger partial charge in [0, 0.05) is 18.7 Å². The SMILES string of the molecule is CCC(C)N(Cc1ccccc1)C(=O)/C=C/c1cc(Cl)c(OC(C)C)c(OC)c1. The molecule has 4 nitrogen and oxygen atoms in total. The van der Waals surface area contributed by atoms with Gasteiger partial charge in [0.25, 0.3) is 0 Å². The highest BCUT2D eigenvalue weighted by atomic mass is 35.5. The van der Waals surface area contributed by atoms with Crippen molar-refractivity contribution < 1.29 is 14.3 Å². The summed E-state index contributed by atoms with van der Waals surface area (Å²) in [6.07, 6.45) is 4.21.